The van der Waals surface area contributed by atoms with E-state index in [4.69, 9.17) is 9.47 Å². The van der Waals surface area contributed by atoms with Crippen LogP contribution in [0.2, 0.25) is 0 Å². The number of nitrogens with zero attached hydrogens (tertiary/aromatic N) is 2. The van der Waals surface area contributed by atoms with Gasteiger partial charge in [0.05, 0.1) is 0 Å². The molecule has 6 nitrogen and oxygen atoms in total. The summed E-state index contributed by atoms with van der Waals surface area (Å²) in [4.78, 5) is 7.30. The number of nitrogens with one attached hydrogen (secondary N) is 2. The average molecular weight is 383 g/mol. The molecule has 2 saturated heterocycles. The molecule has 0 bridgehead atoms. The summed E-state index contributed by atoms with van der Waals surface area (Å²) in [6.07, 6.45) is 10.00. The molecule has 6 heteroatoms. The quantitative estimate of drug-likeness (QED) is 0.327. The van der Waals surface area contributed by atoms with Gasteiger partial charge in [0.2, 0.25) is 0 Å². The molecule has 0 atom stereocenters. The molecule has 2 heterocycles. The molecule has 0 aliphatic carbocycles. The van der Waals surface area contributed by atoms with E-state index in [0.29, 0.717) is 5.92 Å². The Morgan fingerprint density at radius 3 is 2.59 bits per heavy atom. The van der Waals surface area contributed by atoms with Crippen molar-refractivity contribution < 1.29 is 9.47 Å². The van der Waals surface area contributed by atoms with Crippen molar-refractivity contribution in [1.29, 1.82) is 0 Å². The van der Waals surface area contributed by atoms with Crippen molar-refractivity contribution in [2.75, 3.05) is 65.7 Å². The van der Waals surface area contributed by atoms with Crippen LogP contribution in [-0.4, -0.2) is 76.6 Å². The molecule has 0 saturated carbocycles. The first kappa shape index (κ1) is 22.4. The SMILES string of the molecule is CCNC(=NCCCOCC1CCOCC1)NCCCN1CCCCCC1. The van der Waals surface area contributed by atoms with E-state index in [1.807, 2.05) is 0 Å². The van der Waals surface area contributed by atoms with E-state index >= 15 is 0 Å². The van der Waals surface area contributed by atoms with Crippen LogP contribution < -0.4 is 10.6 Å². The molecule has 0 radical (unpaired) electrons. The molecular formula is C21H42N4O2. The van der Waals surface area contributed by atoms with E-state index in [-0.39, 0.29) is 0 Å². The molecule has 0 aromatic rings. The van der Waals surface area contributed by atoms with Gasteiger partial charge < -0.3 is 25.0 Å². The Hall–Kier alpha value is -0.850. The average Bonchev–Trinajstić information content (AvgIpc) is 2.97. The van der Waals surface area contributed by atoms with Gasteiger partial charge in [-0.3, -0.25) is 4.99 Å². The summed E-state index contributed by atoms with van der Waals surface area (Å²) in [6, 6.07) is 0. The maximum Gasteiger partial charge on any atom is 0.191 e. The molecule has 2 aliphatic rings. The van der Waals surface area contributed by atoms with Gasteiger partial charge in [-0.25, -0.2) is 0 Å². The van der Waals surface area contributed by atoms with Crippen LogP contribution in [0.15, 0.2) is 4.99 Å². The Bertz CT molecular complexity index is 378. The third-order valence-corrected chi connectivity index (χ3v) is 5.40. The monoisotopic (exact) mass is 382 g/mol. The lowest BCUT2D eigenvalue weighted by Crippen LogP contribution is -2.39. The van der Waals surface area contributed by atoms with Crippen LogP contribution in [-0.2, 0) is 9.47 Å². The van der Waals surface area contributed by atoms with Crippen molar-refractivity contribution in [3.63, 3.8) is 0 Å². The Kier molecular flexibility index (Phi) is 12.6. The van der Waals surface area contributed by atoms with E-state index in [2.05, 4.69) is 27.4 Å². The topological polar surface area (TPSA) is 58.1 Å². The summed E-state index contributed by atoms with van der Waals surface area (Å²) < 4.78 is 11.2. The fourth-order valence-corrected chi connectivity index (χ4v) is 3.73. The molecule has 2 fully saturated rings. The Morgan fingerprint density at radius 2 is 1.85 bits per heavy atom. The Labute approximate surface area is 166 Å². The molecule has 2 aliphatic heterocycles. The minimum atomic E-state index is 0.686. The fourth-order valence-electron chi connectivity index (χ4n) is 3.73. The zero-order valence-electron chi connectivity index (χ0n) is 17.5. The van der Waals surface area contributed by atoms with Gasteiger partial charge in [-0.15, -0.1) is 0 Å². The fraction of sp³-hybridized carbons (Fsp3) is 0.952. The van der Waals surface area contributed by atoms with E-state index in [9.17, 15) is 0 Å². The van der Waals surface area contributed by atoms with Crippen LogP contribution in [0.25, 0.3) is 0 Å². The molecule has 0 aromatic carbocycles. The summed E-state index contributed by atoms with van der Waals surface area (Å²) in [5.41, 5.74) is 0. The lowest BCUT2D eigenvalue weighted by Gasteiger charge is -2.21. The van der Waals surface area contributed by atoms with E-state index in [1.54, 1.807) is 0 Å². The lowest BCUT2D eigenvalue weighted by molar-refractivity contribution is 0.0205. The van der Waals surface area contributed by atoms with Gasteiger partial charge in [0.15, 0.2) is 5.96 Å². The highest BCUT2D eigenvalue weighted by molar-refractivity contribution is 5.79. The normalized spacial score (nSPS) is 20.4. The van der Waals surface area contributed by atoms with Gasteiger partial charge >= 0.3 is 0 Å². The maximum atomic E-state index is 5.82. The van der Waals surface area contributed by atoms with Crippen molar-refractivity contribution in [3.8, 4) is 0 Å². The maximum absolute atomic E-state index is 5.82. The van der Waals surface area contributed by atoms with Crippen molar-refractivity contribution in [2.24, 2.45) is 10.9 Å². The zero-order chi connectivity index (χ0) is 19.0. The van der Waals surface area contributed by atoms with Gasteiger partial charge in [-0.1, -0.05) is 12.8 Å². The highest BCUT2D eigenvalue weighted by Gasteiger charge is 2.13. The zero-order valence-corrected chi connectivity index (χ0v) is 17.5. The van der Waals surface area contributed by atoms with Gasteiger partial charge in [0.25, 0.3) is 0 Å². The second-order valence-electron chi connectivity index (χ2n) is 7.78. The molecule has 2 N–H and O–H groups in total. The summed E-state index contributed by atoms with van der Waals surface area (Å²) in [7, 11) is 0. The Morgan fingerprint density at radius 1 is 1.07 bits per heavy atom. The van der Waals surface area contributed by atoms with Gasteiger partial charge in [-0.05, 0) is 71.0 Å². The summed E-state index contributed by atoms with van der Waals surface area (Å²) >= 11 is 0. The number of hydrogen-bond donors (Lipinski definition) is 2. The second kappa shape index (κ2) is 15.1. The smallest absolute Gasteiger partial charge is 0.191 e. The number of ether oxygens (including phenoxy) is 2. The van der Waals surface area contributed by atoms with E-state index < -0.39 is 0 Å². The van der Waals surface area contributed by atoms with Crippen molar-refractivity contribution >= 4 is 5.96 Å². The molecule has 2 rings (SSSR count). The standard InChI is InChI=1S/C21H42N4O2/c1-2-22-21(23-11-7-15-25-13-5-3-4-6-14-25)24-12-8-16-27-19-20-9-17-26-18-10-20/h20H,2-19H2,1H3,(H2,22,23,24). The molecule has 158 valence electrons. The molecule has 0 spiro atoms. The van der Waals surface area contributed by atoms with Crippen molar-refractivity contribution in [2.45, 2.75) is 58.3 Å². The first-order valence-electron chi connectivity index (χ1n) is 11.3. The highest BCUT2D eigenvalue weighted by atomic mass is 16.5. The molecule has 0 unspecified atom stereocenters. The largest absolute Gasteiger partial charge is 0.381 e. The number of aliphatic imine (C=N–C) groups is 1. The minimum Gasteiger partial charge on any atom is -0.381 e. The first-order valence-corrected chi connectivity index (χ1v) is 11.3. The number of likely N-dealkylation sites (tertiary alicyclic amines) is 1. The third kappa shape index (κ3) is 10.9. The first-order chi connectivity index (χ1) is 13.4. The molecule has 27 heavy (non-hydrogen) atoms. The van der Waals surface area contributed by atoms with Crippen molar-refractivity contribution in [3.05, 3.63) is 0 Å². The summed E-state index contributed by atoms with van der Waals surface area (Å²) in [5, 5.41) is 6.82. The molecule has 0 aromatic heterocycles. The third-order valence-electron chi connectivity index (χ3n) is 5.40. The highest BCUT2D eigenvalue weighted by Crippen LogP contribution is 2.14. The summed E-state index contributed by atoms with van der Waals surface area (Å²) in [5.74, 6) is 1.63. The Balaban J connectivity index is 1.50. The number of hydrogen-bond acceptors (Lipinski definition) is 4. The minimum absolute atomic E-state index is 0.686. The van der Waals surface area contributed by atoms with Crippen LogP contribution in [0.3, 0.4) is 0 Å². The second-order valence-corrected chi connectivity index (χ2v) is 7.78. The van der Waals surface area contributed by atoms with Crippen molar-refractivity contribution in [1.82, 2.24) is 15.5 Å². The lowest BCUT2D eigenvalue weighted by atomic mass is 10.0. The van der Waals surface area contributed by atoms with Crippen LogP contribution in [0.1, 0.15) is 58.3 Å². The van der Waals surface area contributed by atoms with E-state index in [0.717, 1.165) is 71.3 Å². The molecule has 0 amide bonds. The van der Waals surface area contributed by atoms with Gasteiger partial charge in [0, 0.05) is 46.1 Å². The van der Waals surface area contributed by atoms with Crippen LogP contribution in [0.4, 0.5) is 0 Å². The van der Waals surface area contributed by atoms with Crippen LogP contribution in [0.5, 0.6) is 0 Å². The number of rotatable bonds is 11. The molecular weight excluding hydrogens is 340 g/mol. The van der Waals surface area contributed by atoms with Gasteiger partial charge in [-0.2, -0.15) is 0 Å². The number of guanidine groups is 1. The predicted molar refractivity (Wildman–Crippen MR) is 112 cm³/mol. The summed E-state index contributed by atoms with van der Waals surface area (Å²) in [6.45, 7) is 12.1. The van der Waals surface area contributed by atoms with E-state index in [1.165, 1.54) is 51.7 Å². The van der Waals surface area contributed by atoms with Crippen LogP contribution >= 0.6 is 0 Å². The van der Waals surface area contributed by atoms with Crippen LogP contribution in [0, 0.1) is 5.92 Å². The predicted octanol–water partition coefficient (Wildman–Crippen LogP) is 2.64. The van der Waals surface area contributed by atoms with Gasteiger partial charge in [0.1, 0.15) is 0 Å².